The van der Waals surface area contributed by atoms with Crippen LogP contribution in [0.4, 0.5) is 9.59 Å². The van der Waals surface area contributed by atoms with Crippen LogP contribution in [0.2, 0.25) is 0 Å². The molecule has 0 spiro atoms. The number of methoxy groups -OCH3 is 3. The summed E-state index contributed by atoms with van der Waals surface area (Å²) in [7, 11) is 4.06. The Labute approximate surface area is 354 Å². The largest absolute Gasteiger partial charge is 0.488 e. The molecule has 5 aromatic rings. The highest BCUT2D eigenvalue weighted by molar-refractivity contribution is 6.07. The van der Waals surface area contributed by atoms with Crippen LogP contribution in [0.25, 0.3) is 44.2 Å². The highest BCUT2D eigenvalue weighted by Crippen LogP contribution is 2.44. The molecule has 3 aliphatic rings. The van der Waals surface area contributed by atoms with E-state index in [2.05, 4.69) is 50.9 Å². The van der Waals surface area contributed by atoms with Gasteiger partial charge in [0, 0.05) is 30.1 Å². The molecule has 3 aromatic carbocycles. The number of carbonyl (C=O) groups is 4. The van der Waals surface area contributed by atoms with Crippen molar-refractivity contribution in [3.63, 3.8) is 0 Å². The molecule has 16 nitrogen and oxygen atoms in total. The van der Waals surface area contributed by atoms with Crippen LogP contribution in [0.3, 0.4) is 0 Å². The number of likely N-dealkylation sites (tertiary alicyclic amines) is 2. The number of H-pyrrole nitrogens is 2. The molecule has 0 saturated carbocycles. The zero-order valence-electron chi connectivity index (χ0n) is 35.8. The van der Waals surface area contributed by atoms with Crippen molar-refractivity contribution in [3.8, 4) is 28.1 Å². The van der Waals surface area contributed by atoms with Crippen molar-refractivity contribution < 1.29 is 38.1 Å². The molecule has 1 unspecified atom stereocenters. The van der Waals surface area contributed by atoms with Crippen molar-refractivity contribution in [1.29, 1.82) is 0 Å². The van der Waals surface area contributed by atoms with E-state index in [0.29, 0.717) is 24.7 Å². The lowest BCUT2D eigenvalue weighted by atomic mass is 9.92. The number of alkyl carbamates (subject to hydrolysis) is 2. The predicted molar refractivity (Wildman–Crippen MR) is 227 cm³/mol. The molecule has 0 aliphatic carbocycles. The zero-order valence-corrected chi connectivity index (χ0v) is 35.8. The number of aromatic nitrogens is 4. The molecule has 2 saturated heterocycles. The lowest BCUT2D eigenvalue weighted by molar-refractivity contribution is -0.139. The van der Waals surface area contributed by atoms with E-state index in [1.807, 2.05) is 50.9 Å². The molecule has 4 amide bonds. The fourth-order valence-electron chi connectivity index (χ4n) is 9.25. The number of nitrogens with zero attached hydrogens (tertiary/aromatic N) is 4. The van der Waals surface area contributed by atoms with Crippen molar-refractivity contribution >= 4 is 45.8 Å². The minimum absolute atomic E-state index is 0.0198. The van der Waals surface area contributed by atoms with Gasteiger partial charge in [0.2, 0.25) is 11.8 Å². The van der Waals surface area contributed by atoms with Gasteiger partial charge in [-0.1, -0.05) is 32.0 Å². The number of nitrogens with one attached hydrogen (secondary N) is 4. The molecule has 8 rings (SSSR count). The van der Waals surface area contributed by atoms with E-state index in [1.54, 1.807) is 11.8 Å². The number of hydrogen-bond acceptors (Lipinski definition) is 10. The zero-order chi connectivity index (χ0) is 43.3. The summed E-state index contributed by atoms with van der Waals surface area (Å²) in [5.41, 5.74) is 6.50. The standard InChI is InChI=1S/C45H54N8O8/c1-22(2)37(50-44(56)59-7)42(54)52-23(3)9-15-34(52)40-46-20-33(48-40)27-11-13-29-28(17-27)21-61-36-19-30-26(18-31(29)36)12-14-32-39(30)49-41(47-32)35-16-10-24(4)53(35)43(55)38(25(5)58-6)51-45(57)60-8/h11-14,17-20,22-25,34-35,37-38H,9-10,15-16,21H2,1-8H3,(H,46,48)(H,47,49)(H,50,56)(H,51,57)/t23-,24-,25-,34-,35?,37-,38-/m0/s1. The first-order chi connectivity index (χ1) is 29.3. The Bertz CT molecular complexity index is 2500. The summed E-state index contributed by atoms with van der Waals surface area (Å²) in [4.78, 5) is 72.7. The van der Waals surface area contributed by atoms with E-state index in [4.69, 9.17) is 28.9 Å². The maximum absolute atomic E-state index is 14.0. The van der Waals surface area contributed by atoms with Crippen molar-refractivity contribution in [2.75, 3.05) is 21.3 Å². The van der Waals surface area contributed by atoms with E-state index in [-0.39, 0.29) is 41.9 Å². The number of amides is 4. The van der Waals surface area contributed by atoms with Gasteiger partial charge in [-0.3, -0.25) is 9.59 Å². The Kier molecular flexibility index (Phi) is 11.4. The first-order valence-corrected chi connectivity index (χ1v) is 21.0. The number of benzene rings is 3. The van der Waals surface area contributed by atoms with E-state index >= 15 is 0 Å². The second kappa shape index (κ2) is 16.7. The van der Waals surface area contributed by atoms with Gasteiger partial charge < -0.3 is 49.3 Å². The summed E-state index contributed by atoms with van der Waals surface area (Å²) >= 11 is 0. The Balaban J connectivity index is 1.05. The Morgan fingerprint density at radius 3 is 2.10 bits per heavy atom. The first-order valence-electron chi connectivity index (χ1n) is 21.0. The van der Waals surface area contributed by atoms with Crippen LogP contribution in [-0.2, 0) is 30.4 Å². The van der Waals surface area contributed by atoms with Gasteiger partial charge >= 0.3 is 12.2 Å². The first kappa shape index (κ1) is 41.6. The van der Waals surface area contributed by atoms with Gasteiger partial charge in [0.05, 0.1) is 55.3 Å². The lowest BCUT2D eigenvalue weighted by Crippen LogP contribution is -2.55. The summed E-state index contributed by atoms with van der Waals surface area (Å²) < 4.78 is 21.5. The van der Waals surface area contributed by atoms with Crippen molar-refractivity contribution in [2.45, 2.75) is 109 Å². The molecule has 322 valence electrons. The number of ether oxygens (including phenoxy) is 4. The molecule has 4 N–H and O–H groups in total. The molecule has 2 aromatic heterocycles. The Hall–Kier alpha value is -6.16. The number of rotatable bonds is 10. The average molecular weight is 835 g/mol. The second-order valence-corrected chi connectivity index (χ2v) is 16.8. The maximum Gasteiger partial charge on any atom is 0.407 e. The maximum atomic E-state index is 14.0. The van der Waals surface area contributed by atoms with Crippen molar-refractivity contribution in [1.82, 2.24) is 40.4 Å². The lowest BCUT2D eigenvalue weighted by Gasteiger charge is -2.33. The van der Waals surface area contributed by atoms with Gasteiger partial charge in [0.15, 0.2) is 0 Å². The van der Waals surface area contributed by atoms with Crippen LogP contribution in [0.15, 0.2) is 48.7 Å². The second-order valence-electron chi connectivity index (χ2n) is 16.8. The van der Waals surface area contributed by atoms with Gasteiger partial charge in [-0.05, 0) is 98.7 Å². The van der Waals surface area contributed by atoms with Crippen LogP contribution < -0.4 is 15.4 Å². The fraction of sp³-hybridized carbons (Fsp3) is 0.467. The quantitative estimate of drug-likeness (QED) is 0.115. The summed E-state index contributed by atoms with van der Waals surface area (Å²) in [5, 5.41) is 7.32. The van der Waals surface area contributed by atoms with Crippen LogP contribution in [-0.4, -0.2) is 105 Å². The van der Waals surface area contributed by atoms with Gasteiger partial charge in [0.25, 0.3) is 0 Å². The third-order valence-corrected chi connectivity index (χ3v) is 12.7. The monoisotopic (exact) mass is 834 g/mol. The summed E-state index contributed by atoms with van der Waals surface area (Å²) in [6, 6.07) is 12.2. The third-order valence-electron chi connectivity index (χ3n) is 12.7. The highest BCUT2D eigenvalue weighted by Gasteiger charge is 2.43. The Morgan fingerprint density at radius 2 is 1.44 bits per heavy atom. The number of carbonyl (C=O) groups excluding carboxylic acids is 4. The molecule has 0 bridgehead atoms. The molecule has 5 heterocycles. The number of fused-ring (bicyclic) bond motifs is 6. The Morgan fingerprint density at radius 1 is 0.787 bits per heavy atom. The molecule has 61 heavy (non-hydrogen) atoms. The van der Waals surface area contributed by atoms with Crippen molar-refractivity contribution in [2.24, 2.45) is 5.92 Å². The number of hydrogen-bond donors (Lipinski definition) is 4. The summed E-state index contributed by atoms with van der Waals surface area (Å²) in [5.74, 6) is 1.59. The van der Waals surface area contributed by atoms with Crippen LogP contribution in [0, 0.1) is 5.92 Å². The third kappa shape index (κ3) is 7.62. The minimum Gasteiger partial charge on any atom is -0.488 e. The number of aromatic amines is 2. The van der Waals surface area contributed by atoms with Crippen LogP contribution >= 0.6 is 0 Å². The SMILES string of the molecule is COC(=O)N[C@H](C(=O)N1[C@@H](C)CC[C@H]1c1ncc(-c2ccc3c(c2)COc2cc4c(ccc5[nH]c(C6CC[C@H](C)N6C(=O)[C@@H](NC(=O)OC)[C@H](C)OC)nc54)cc2-3)[nH]1)C(C)C. The van der Waals surface area contributed by atoms with Gasteiger partial charge in [-0.15, -0.1) is 0 Å². The average Bonchev–Trinajstić information content (AvgIpc) is 4.08. The van der Waals surface area contributed by atoms with Crippen LogP contribution in [0.1, 0.15) is 89.6 Å². The topological polar surface area (TPSA) is 193 Å². The molecule has 0 radical (unpaired) electrons. The molecular formula is C45H54N8O8. The van der Waals surface area contributed by atoms with E-state index in [0.717, 1.165) is 74.8 Å². The molecule has 16 heteroatoms. The van der Waals surface area contributed by atoms with Crippen LogP contribution in [0.5, 0.6) is 5.75 Å². The number of imidazole rings is 2. The molecule has 2 fully saturated rings. The van der Waals surface area contributed by atoms with E-state index in [1.165, 1.54) is 21.3 Å². The minimum atomic E-state index is -0.934. The van der Waals surface area contributed by atoms with Gasteiger partial charge in [-0.2, -0.15) is 0 Å². The molecule has 7 atom stereocenters. The highest BCUT2D eigenvalue weighted by atomic mass is 16.5. The van der Waals surface area contributed by atoms with E-state index in [9.17, 15) is 19.2 Å². The summed E-state index contributed by atoms with van der Waals surface area (Å²) in [6.07, 6.45) is 2.94. The van der Waals surface area contributed by atoms with Crippen molar-refractivity contribution in [3.05, 3.63) is 65.9 Å². The molecule has 3 aliphatic heterocycles. The summed E-state index contributed by atoms with van der Waals surface area (Å²) in [6.45, 7) is 9.95. The van der Waals surface area contributed by atoms with Gasteiger partial charge in [-0.25, -0.2) is 19.6 Å². The fourth-order valence-corrected chi connectivity index (χ4v) is 9.25. The smallest absolute Gasteiger partial charge is 0.407 e. The molecular weight excluding hydrogens is 781 g/mol. The normalized spacial score (nSPS) is 21.1. The van der Waals surface area contributed by atoms with E-state index < -0.39 is 30.4 Å². The predicted octanol–water partition coefficient (Wildman–Crippen LogP) is 6.91. The van der Waals surface area contributed by atoms with Gasteiger partial charge in [0.1, 0.15) is 36.1 Å².